The molecule has 266 valence electrons. The van der Waals surface area contributed by atoms with Gasteiger partial charge in [0.1, 0.15) is 23.3 Å². The van der Waals surface area contributed by atoms with Gasteiger partial charge in [0.15, 0.2) is 16.9 Å². The summed E-state index contributed by atoms with van der Waals surface area (Å²) in [4.78, 5) is 53.0. The van der Waals surface area contributed by atoms with Crippen LogP contribution in [0.4, 0.5) is 5.13 Å². The number of hydrogen-bond donors (Lipinski definition) is 6. The van der Waals surface area contributed by atoms with Crippen molar-refractivity contribution in [3.05, 3.63) is 40.4 Å². The van der Waals surface area contributed by atoms with Gasteiger partial charge in [-0.3, -0.25) is 19.1 Å². The number of amides is 2. The second-order valence-corrected chi connectivity index (χ2v) is 14.7. The minimum absolute atomic E-state index is 0.0597. The number of amidine groups is 1. The molecule has 1 aliphatic carbocycles. The first-order valence-corrected chi connectivity index (χ1v) is 17.5. The van der Waals surface area contributed by atoms with Gasteiger partial charge in [0.05, 0.1) is 11.6 Å². The van der Waals surface area contributed by atoms with E-state index in [0.717, 1.165) is 48.1 Å². The molecule has 1 saturated carbocycles. The second-order valence-electron chi connectivity index (χ2n) is 12.8. The number of benzene rings is 1. The molecule has 49 heavy (non-hydrogen) atoms. The summed E-state index contributed by atoms with van der Waals surface area (Å²) in [5, 5.41) is 18.4. The molecule has 2 aromatic rings. The average Bonchev–Trinajstić information content (AvgIpc) is 3.47. The maximum Gasteiger partial charge on any atom is 0.418 e. The molecule has 1 aromatic heterocycles. The Morgan fingerprint density at radius 3 is 2.51 bits per heavy atom. The fraction of sp³-hybridized carbons (Fsp3) is 0.517. The fourth-order valence-corrected chi connectivity index (χ4v) is 6.84. The molecule has 3 atom stereocenters. The molecule has 3 aliphatic rings. The first-order valence-electron chi connectivity index (χ1n) is 15.3. The summed E-state index contributed by atoms with van der Waals surface area (Å²) in [5.74, 6) is -2.63. The summed E-state index contributed by atoms with van der Waals surface area (Å²) in [6.45, 7) is 3.99. The molecule has 1 saturated heterocycles. The van der Waals surface area contributed by atoms with Crippen LogP contribution in [0, 0.1) is 0 Å². The number of carboxylic acids is 1. The van der Waals surface area contributed by atoms with Crippen LogP contribution in [-0.4, -0.2) is 92.8 Å². The van der Waals surface area contributed by atoms with Crippen LogP contribution in [0.1, 0.15) is 69.7 Å². The molecule has 3 unspecified atom stereocenters. The van der Waals surface area contributed by atoms with Gasteiger partial charge in [-0.1, -0.05) is 5.16 Å². The highest BCUT2D eigenvalue weighted by Crippen LogP contribution is 2.35. The SMILES string of the molecule is CC(ON=C(C(=O)NC1C(=O)N(OS(=O)(=O)O)C1(C)C)c1csc(N)n1)(C(=O)O)C1CCc2cc(C(N)=NC3CCC(N)CC3)ccc2O1. The van der Waals surface area contributed by atoms with Crippen molar-refractivity contribution in [1.82, 2.24) is 15.4 Å². The highest BCUT2D eigenvalue weighted by atomic mass is 32.3. The maximum absolute atomic E-state index is 13.5. The van der Waals surface area contributed by atoms with Gasteiger partial charge in [-0.25, -0.2) is 9.78 Å². The third-order valence-corrected chi connectivity index (χ3v) is 9.84. The van der Waals surface area contributed by atoms with Crippen molar-refractivity contribution in [1.29, 1.82) is 0 Å². The lowest BCUT2D eigenvalue weighted by Crippen LogP contribution is -2.76. The Bertz CT molecular complexity index is 1800. The number of carboxylic acid groups (broad SMARTS) is 1. The number of ether oxygens (including phenoxy) is 1. The Kier molecular flexibility index (Phi) is 9.90. The molecule has 18 nitrogen and oxygen atoms in total. The number of aromatic nitrogens is 1. The number of hydrogen-bond acceptors (Lipinski definition) is 14. The summed E-state index contributed by atoms with van der Waals surface area (Å²) < 4.78 is 41.8. The Morgan fingerprint density at radius 1 is 1.22 bits per heavy atom. The standard InChI is InChI=1S/C29H38N8O10S2/c1-28(2)22(25(39)37(28)47-49(42,43)44)35-24(38)21(18-13-48-27(32)34-18)36-46-29(3,26(40)41)20-11-5-14-12-15(4-10-19(14)45-20)23(31)33-17-8-6-16(30)7-9-17/h4,10,12-13,16-17,20,22H,5-9,11,30H2,1-3H3,(H2,31,33)(H2,32,34)(H,35,38)(H,40,41)(H,42,43,44). The average molecular weight is 723 g/mol. The molecule has 3 heterocycles. The van der Waals surface area contributed by atoms with E-state index in [-0.39, 0.29) is 29.3 Å². The Morgan fingerprint density at radius 2 is 1.92 bits per heavy atom. The van der Waals surface area contributed by atoms with Gasteiger partial charge in [-0.05, 0) is 83.1 Å². The number of β-lactam (4-membered cyclic amide) rings is 1. The Labute approximate surface area is 285 Å². The number of anilines is 1. The number of nitrogens with zero attached hydrogens (tertiary/aromatic N) is 4. The molecule has 20 heteroatoms. The number of fused-ring (bicyclic) bond motifs is 1. The van der Waals surface area contributed by atoms with Crippen LogP contribution >= 0.6 is 11.3 Å². The lowest BCUT2D eigenvalue weighted by molar-refractivity contribution is -0.218. The van der Waals surface area contributed by atoms with Crippen molar-refractivity contribution in [3.8, 4) is 5.75 Å². The van der Waals surface area contributed by atoms with Crippen molar-refractivity contribution in [3.63, 3.8) is 0 Å². The lowest BCUT2D eigenvalue weighted by atomic mass is 9.84. The van der Waals surface area contributed by atoms with Crippen molar-refractivity contribution in [2.24, 2.45) is 21.6 Å². The summed E-state index contributed by atoms with van der Waals surface area (Å²) in [6, 6.07) is 4.25. The largest absolute Gasteiger partial charge is 0.485 e. The number of thiazole rings is 1. The topological polar surface area (TPSA) is 284 Å². The van der Waals surface area contributed by atoms with E-state index in [2.05, 4.69) is 24.7 Å². The first-order chi connectivity index (χ1) is 22.9. The van der Waals surface area contributed by atoms with Crippen LogP contribution in [0.25, 0.3) is 0 Å². The summed E-state index contributed by atoms with van der Waals surface area (Å²) in [5.41, 5.74) is 15.4. The highest BCUT2D eigenvalue weighted by molar-refractivity contribution is 7.80. The van der Waals surface area contributed by atoms with E-state index in [4.69, 9.17) is 31.3 Å². The molecule has 1 aromatic carbocycles. The van der Waals surface area contributed by atoms with E-state index in [1.54, 1.807) is 12.1 Å². The summed E-state index contributed by atoms with van der Waals surface area (Å²) in [6.07, 6.45) is 3.07. The zero-order chi connectivity index (χ0) is 35.9. The number of nitrogen functional groups attached to an aromatic ring is 1. The van der Waals surface area contributed by atoms with Crippen molar-refractivity contribution >= 4 is 56.2 Å². The van der Waals surface area contributed by atoms with Crippen LogP contribution in [-0.2, 0) is 40.3 Å². The van der Waals surface area contributed by atoms with Crippen LogP contribution in [0.5, 0.6) is 5.75 Å². The van der Waals surface area contributed by atoms with Gasteiger partial charge >= 0.3 is 16.4 Å². The van der Waals surface area contributed by atoms with E-state index in [1.807, 2.05) is 6.07 Å². The molecule has 0 radical (unpaired) electrons. The number of carbonyl (C=O) groups excluding carboxylic acids is 2. The van der Waals surface area contributed by atoms with E-state index < -0.39 is 57.2 Å². The number of carbonyl (C=O) groups is 3. The Balaban J connectivity index is 1.34. The molecule has 2 aliphatic heterocycles. The predicted octanol–water partition coefficient (Wildman–Crippen LogP) is 0.498. The number of oxime groups is 1. The Hall–Kier alpha value is -4.37. The zero-order valence-corrected chi connectivity index (χ0v) is 28.5. The van der Waals surface area contributed by atoms with Crippen LogP contribution in [0.2, 0.25) is 0 Å². The third-order valence-electron chi connectivity index (χ3n) is 8.83. The number of aliphatic imine (C=N–C) groups is 1. The van der Waals surface area contributed by atoms with E-state index >= 15 is 0 Å². The van der Waals surface area contributed by atoms with E-state index in [0.29, 0.717) is 23.1 Å². The highest BCUT2D eigenvalue weighted by Gasteiger charge is 2.58. The van der Waals surface area contributed by atoms with Gasteiger partial charge in [0.2, 0.25) is 0 Å². The van der Waals surface area contributed by atoms with Crippen molar-refractivity contribution < 1.29 is 46.3 Å². The molecular formula is C29H38N8O10S2. The normalized spacial score (nSPS) is 25.3. The van der Waals surface area contributed by atoms with Gasteiger partial charge in [0.25, 0.3) is 17.4 Å². The number of aryl methyl sites for hydroxylation is 1. The molecular weight excluding hydrogens is 684 g/mol. The quantitative estimate of drug-likeness (QED) is 0.0606. The molecule has 0 spiro atoms. The first kappa shape index (κ1) is 35.9. The number of rotatable bonds is 11. The number of aliphatic carboxylic acids is 1. The minimum atomic E-state index is -5.03. The number of hydroxylamine groups is 2. The predicted molar refractivity (Wildman–Crippen MR) is 176 cm³/mol. The lowest BCUT2D eigenvalue weighted by Gasteiger charge is -2.50. The van der Waals surface area contributed by atoms with Crippen LogP contribution in [0.15, 0.2) is 33.7 Å². The van der Waals surface area contributed by atoms with Crippen molar-refractivity contribution in [2.45, 2.75) is 94.7 Å². The minimum Gasteiger partial charge on any atom is -0.485 e. The zero-order valence-electron chi connectivity index (χ0n) is 26.9. The fourth-order valence-electron chi connectivity index (χ4n) is 5.83. The van der Waals surface area contributed by atoms with Crippen LogP contribution < -0.4 is 27.3 Å². The van der Waals surface area contributed by atoms with E-state index in [1.165, 1.54) is 26.2 Å². The van der Waals surface area contributed by atoms with Gasteiger partial charge < -0.3 is 37.2 Å². The summed E-state index contributed by atoms with van der Waals surface area (Å²) in [7, 11) is -5.03. The number of nitrogens with two attached hydrogens (primary N) is 3. The summed E-state index contributed by atoms with van der Waals surface area (Å²) >= 11 is 0.966. The monoisotopic (exact) mass is 722 g/mol. The second kappa shape index (κ2) is 13.5. The molecule has 2 amide bonds. The smallest absolute Gasteiger partial charge is 0.418 e. The molecule has 2 fully saturated rings. The molecule has 9 N–H and O–H groups in total. The number of nitrogens with one attached hydrogen (secondary N) is 1. The van der Waals surface area contributed by atoms with Gasteiger partial charge in [-0.2, -0.15) is 13.5 Å². The van der Waals surface area contributed by atoms with E-state index in [9.17, 15) is 27.9 Å². The van der Waals surface area contributed by atoms with Gasteiger partial charge in [0, 0.05) is 17.0 Å². The van der Waals surface area contributed by atoms with Crippen molar-refractivity contribution in [2.75, 3.05) is 5.73 Å². The third kappa shape index (κ3) is 7.62. The maximum atomic E-state index is 13.5. The molecule has 5 rings (SSSR count). The van der Waals surface area contributed by atoms with Gasteiger partial charge in [-0.15, -0.1) is 15.6 Å². The molecule has 0 bridgehead atoms. The van der Waals surface area contributed by atoms with Crippen LogP contribution in [0.3, 0.4) is 0 Å².